The van der Waals surface area contributed by atoms with Crippen molar-refractivity contribution >= 4 is 5.91 Å². The Labute approximate surface area is 103 Å². The molecule has 17 heavy (non-hydrogen) atoms. The highest BCUT2D eigenvalue weighted by Crippen LogP contribution is 2.38. The van der Waals surface area contributed by atoms with Crippen molar-refractivity contribution in [1.82, 2.24) is 10.2 Å². The van der Waals surface area contributed by atoms with Crippen LogP contribution in [0.1, 0.15) is 39.0 Å². The Morgan fingerprint density at radius 1 is 1.29 bits per heavy atom. The van der Waals surface area contributed by atoms with Crippen molar-refractivity contribution in [3.8, 4) is 0 Å². The second-order valence-electron chi connectivity index (χ2n) is 6.24. The van der Waals surface area contributed by atoms with Gasteiger partial charge in [-0.15, -0.1) is 0 Å². The molecule has 96 valence electrons. The summed E-state index contributed by atoms with van der Waals surface area (Å²) in [7, 11) is 0. The molecule has 1 heterocycles. The average Bonchev–Trinajstić information content (AvgIpc) is 3.17. The molecule has 1 aliphatic heterocycles. The lowest BCUT2D eigenvalue weighted by Gasteiger charge is -2.25. The molecule has 0 radical (unpaired) electrons. The minimum Gasteiger partial charge on any atom is -0.350 e. The van der Waals surface area contributed by atoms with Crippen LogP contribution in [0.3, 0.4) is 0 Å². The number of hydrogen-bond acceptors (Lipinski definition) is 3. The van der Waals surface area contributed by atoms with Crippen molar-refractivity contribution in [2.24, 2.45) is 11.7 Å². The number of nitrogens with one attached hydrogen (secondary N) is 1. The highest BCUT2D eigenvalue weighted by atomic mass is 16.2. The molecule has 3 aliphatic rings. The van der Waals surface area contributed by atoms with Crippen molar-refractivity contribution in [2.45, 2.75) is 56.7 Å². The normalized spacial score (nSPS) is 33.4. The van der Waals surface area contributed by atoms with E-state index in [0.717, 1.165) is 38.4 Å². The van der Waals surface area contributed by atoms with Crippen molar-refractivity contribution in [2.75, 3.05) is 13.1 Å². The van der Waals surface area contributed by atoms with E-state index in [4.69, 9.17) is 5.73 Å². The van der Waals surface area contributed by atoms with Gasteiger partial charge >= 0.3 is 0 Å². The number of nitrogens with two attached hydrogens (primary N) is 1. The molecular formula is C13H23N3O. The zero-order chi connectivity index (χ0) is 12.0. The first-order valence-electron chi connectivity index (χ1n) is 6.91. The maximum atomic E-state index is 12.1. The maximum absolute atomic E-state index is 12.1. The summed E-state index contributed by atoms with van der Waals surface area (Å²) in [6, 6.07) is 1.13. The predicted molar refractivity (Wildman–Crippen MR) is 66.5 cm³/mol. The molecule has 3 fully saturated rings. The van der Waals surface area contributed by atoms with E-state index in [1.807, 2.05) is 6.92 Å². The van der Waals surface area contributed by atoms with E-state index in [0.29, 0.717) is 12.0 Å². The third kappa shape index (κ3) is 2.33. The second kappa shape index (κ2) is 3.95. The summed E-state index contributed by atoms with van der Waals surface area (Å²) in [5, 5.41) is 3.15. The Balaban J connectivity index is 1.51. The van der Waals surface area contributed by atoms with Crippen LogP contribution in [-0.4, -0.2) is 41.5 Å². The lowest BCUT2D eigenvalue weighted by molar-refractivity contribution is -0.127. The highest BCUT2D eigenvalue weighted by molar-refractivity contribution is 5.86. The summed E-state index contributed by atoms with van der Waals surface area (Å²) < 4.78 is 0. The lowest BCUT2D eigenvalue weighted by Crippen LogP contribution is -2.56. The van der Waals surface area contributed by atoms with Gasteiger partial charge in [0, 0.05) is 25.2 Å². The van der Waals surface area contributed by atoms with Gasteiger partial charge in [0.15, 0.2) is 0 Å². The Morgan fingerprint density at radius 2 is 2.00 bits per heavy atom. The molecule has 2 atom stereocenters. The van der Waals surface area contributed by atoms with Crippen LogP contribution in [0.2, 0.25) is 0 Å². The number of amides is 1. The summed E-state index contributed by atoms with van der Waals surface area (Å²) in [5.41, 5.74) is 5.48. The molecule has 1 saturated heterocycles. The van der Waals surface area contributed by atoms with E-state index >= 15 is 0 Å². The smallest absolute Gasteiger partial charge is 0.240 e. The van der Waals surface area contributed by atoms with Crippen LogP contribution in [0, 0.1) is 5.92 Å². The van der Waals surface area contributed by atoms with E-state index in [-0.39, 0.29) is 5.91 Å². The fourth-order valence-electron chi connectivity index (χ4n) is 2.89. The van der Waals surface area contributed by atoms with E-state index in [9.17, 15) is 4.79 Å². The van der Waals surface area contributed by atoms with Crippen LogP contribution in [0.5, 0.6) is 0 Å². The van der Waals surface area contributed by atoms with Crippen LogP contribution in [-0.2, 0) is 4.79 Å². The average molecular weight is 237 g/mol. The number of rotatable bonds is 4. The molecule has 0 aromatic heterocycles. The molecule has 4 nitrogen and oxygen atoms in total. The van der Waals surface area contributed by atoms with Crippen LogP contribution in [0.15, 0.2) is 0 Å². The van der Waals surface area contributed by atoms with Gasteiger partial charge < -0.3 is 11.1 Å². The Morgan fingerprint density at radius 3 is 2.59 bits per heavy atom. The van der Waals surface area contributed by atoms with Gasteiger partial charge in [0.05, 0.1) is 5.54 Å². The van der Waals surface area contributed by atoms with Gasteiger partial charge in [-0.05, 0) is 44.9 Å². The molecule has 0 spiro atoms. The number of nitrogens with zero attached hydrogens (tertiary/aromatic N) is 1. The first-order chi connectivity index (χ1) is 8.07. The fraction of sp³-hybridized carbons (Fsp3) is 0.923. The van der Waals surface area contributed by atoms with Crippen molar-refractivity contribution < 1.29 is 4.79 Å². The van der Waals surface area contributed by atoms with Crippen LogP contribution in [0.25, 0.3) is 0 Å². The highest BCUT2D eigenvalue weighted by Gasteiger charge is 2.45. The quantitative estimate of drug-likeness (QED) is 0.747. The summed E-state index contributed by atoms with van der Waals surface area (Å²) in [5.74, 6) is 0.464. The number of hydrogen-bond donors (Lipinski definition) is 2. The van der Waals surface area contributed by atoms with Crippen molar-refractivity contribution in [3.05, 3.63) is 0 Å². The number of carbonyl (C=O) groups is 1. The molecular weight excluding hydrogens is 214 g/mol. The molecule has 0 aromatic carbocycles. The van der Waals surface area contributed by atoms with Gasteiger partial charge in [-0.2, -0.15) is 0 Å². The molecule has 0 aromatic rings. The van der Waals surface area contributed by atoms with E-state index in [1.165, 1.54) is 12.8 Å². The van der Waals surface area contributed by atoms with Crippen molar-refractivity contribution in [3.63, 3.8) is 0 Å². The minimum absolute atomic E-state index is 0.0580. The van der Waals surface area contributed by atoms with Crippen LogP contribution >= 0.6 is 0 Å². The number of likely N-dealkylation sites (tertiary alicyclic amines) is 1. The predicted octanol–water partition coefficient (Wildman–Crippen LogP) is 0.467. The van der Waals surface area contributed by atoms with E-state index < -0.39 is 5.54 Å². The largest absolute Gasteiger partial charge is 0.350 e. The molecule has 2 unspecified atom stereocenters. The Hall–Kier alpha value is -0.610. The van der Waals surface area contributed by atoms with Gasteiger partial charge in [0.25, 0.3) is 0 Å². The summed E-state index contributed by atoms with van der Waals surface area (Å²) >= 11 is 0. The van der Waals surface area contributed by atoms with Gasteiger partial charge in [-0.1, -0.05) is 0 Å². The zero-order valence-electron chi connectivity index (χ0n) is 10.6. The van der Waals surface area contributed by atoms with Crippen molar-refractivity contribution in [1.29, 1.82) is 0 Å². The van der Waals surface area contributed by atoms with Crippen LogP contribution in [0.4, 0.5) is 0 Å². The Kier molecular flexibility index (Phi) is 2.67. The molecule has 0 bridgehead atoms. The lowest BCUT2D eigenvalue weighted by atomic mass is 9.96. The fourth-order valence-corrected chi connectivity index (χ4v) is 2.89. The first kappa shape index (κ1) is 11.5. The van der Waals surface area contributed by atoms with Gasteiger partial charge in [-0.3, -0.25) is 9.69 Å². The summed E-state index contributed by atoms with van der Waals surface area (Å²) in [6.45, 7) is 4.05. The van der Waals surface area contributed by atoms with Gasteiger partial charge in [0.2, 0.25) is 5.91 Å². The SMILES string of the molecule is CC(N)(C(=O)NC1CCN(C2CC2)C1)C1CC1. The monoisotopic (exact) mass is 237 g/mol. The third-order valence-corrected chi connectivity index (χ3v) is 4.53. The maximum Gasteiger partial charge on any atom is 0.240 e. The summed E-state index contributed by atoms with van der Waals surface area (Å²) in [6.07, 6.45) is 6.00. The standard InChI is InChI=1S/C13H23N3O/c1-13(14,9-2-3-9)12(17)15-10-6-7-16(8-10)11-4-5-11/h9-11H,2-8,14H2,1H3,(H,15,17). The van der Waals surface area contributed by atoms with Gasteiger partial charge in [0.1, 0.15) is 0 Å². The molecule has 1 amide bonds. The molecule has 4 heteroatoms. The molecule has 3 rings (SSSR count). The summed E-state index contributed by atoms with van der Waals surface area (Å²) in [4.78, 5) is 14.6. The minimum atomic E-state index is -0.646. The zero-order valence-corrected chi connectivity index (χ0v) is 10.6. The Bertz CT molecular complexity index is 321. The second-order valence-corrected chi connectivity index (χ2v) is 6.24. The van der Waals surface area contributed by atoms with Gasteiger partial charge in [-0.25, -0.2) is 0 Å². The van der Waals surface area contributed by atoms with E-state index in [2.05, 4.69) is 10.2 Å². The van der Waals surface area contributed by atoms with E-state index in [1.54, 1.807) is 0 Å². The number of carbonyl (C=O) groups excluding carboxylic acids is 1. The molecule has 3 N–H and O–H groups in total. The molecule has 2 saturated carbocycles. The molecule has 2 aliphatic carbocycles. The van der Waals surface area contributed by atoms with Crippen LogP contribution < -0.4 is 11.1 Å². The topological polar surface area (TPSA) is 58.4 Å². The third-order valence-electron chi connectivity index (χ3n) is 4.53. The first-order valence-corrected chi connectivity index (χ1v) is 6.91.